The van der Waals surface area contributed by atoms with Gasteiger partial charge in [0.25, 0.3) is 5.91 Å². The smallest absolute Gasteiger partial charge is 0.260 e. The van der Waals surface area contributed by atoms with Crippen molar-refractivity contribution in [3.8, 4) is 0 Å². The predicted octanol–water partition coefficient (Wildman–Crippen LogP) is 4.63. The van der Waals surface area contributed by atoms with Gasteiger partial charge in [-0.25, -0.2) is 8.78 Å². The summed E-state index contributed by atoms with van der Waals surface area (Å²) in [6.07, 6.45) is 0. The van der Waals surface area contributed by atoms with Crippen molar-refractivity contribution in [1.29, 1.82) is 0 Å². The third-order valence-electron chi connectivity index (χ3n) is 2.37. The van der Waals surface area contributed by atoms with Gasteiger partial charge in [0.1, 0.15) is 11.6 Å². The zero-order valence-corrected chi connectivity index (χ0v) is 11.7. The summed E-state index contributed by atoms with van der Waals surface area (Å²) in [7, 11) is 0. The van der Waals surface area contributed by atoms with Crippen LogP contribution in [0.25, 0.3) is 0 Å². The fourth-order valence-electron chi connectivity index (χ4n) is 1.48. The molecule has 0 fully saturated rings. The molecule has 0 aliphatic heterocycles. The van der Waals surface area contributed by atoms with Gasteiger partial charge >= 0.3 is 0 Å². The first kappa shape index (κ1) is 14.0. The van der Waals surface area contributed by atoms with E-state index in [1.54, 1.807) is 0 Å². The van der Waals surface area contributed by atoms with Crippen molar-refractivity contribution in [2.24, 2.45) is 0 Å². The monoisotopic (exact) mass is 345 g/mol. The molecule has 0 spiro atoms. The standard InChI is InChI=1S/C13H7BrClF2NO/c14-8-5-4-7(6-11(8)17)18-13(19)12-9(15)2-1-3-10(12)16/h1-6H,(H,18,19). The minimum absolute atomic E-state index is 0.00455. The molecule has 1 amide bonds. The molecular formula is C13H7BrClF2NO. The summed E-state index contributed by atoms with van der Waals surface area (Å²) in [5, 5.41) is 2.38. The van der Waals surface area contributed by atoms with Crippen LogP contribution in [-0.4, -0.2) is 5.91 Å². The number of nitrogens with one attached hydrogen (secondary N) is 1. The molecule has 0 aliphatic carbocycles. The van der Waals surface area contributed by atoms with Gasteiger partial charge in [-0.2, -0.15) is 0 Å². The summed E-state index contributed by atoms with van der Waals surface area (Å²) < 4.78 is 27.1. The van der Waals surface area contributed by atoms with E-state index in [2.05, 4.69) is 21.2 Å². The molecule has 2 aromatic carbocycles. The summed E-state index contributed by atoms with van der Waals surface area (Å²) in [6.45, 7) is 0. The van der Waals surface area contributed by atoms with Gasteiger partial charge in [0.15, 0.2) is 0 Å². The molecule has 0 heterocycles. The lowest BCUT2D eigenvalue weighted by Gasteiger charge is -2.08. The molecule has 0 unspecified atom stereocenters. The summed E-state index contributed by atoms with van der Waals surface area (Å²) >= 11 is 8.76. The van der Waals surface area contributed by atoms with Crippen LogP contribution in [0.3, 0.4) is 0 Å². The van der Waals surface area contributed by atoms with Gasteiger partial charge in [-0.1, -0.05) is 17.7 Å². The van der Waals surface area contributed by atoms with Gasteiger partial charge in [-0.3, -0.25) is 4.79 Å². The molecule has 2 aromatic rings. The zero-order chi connectivity index (χ0) is 14.0. The third-order valence-corrected chi connectivity index (χ3v) is 3.33. The van der Waals surface area contributed by atoms with Crippen LogP contribution in [0.2, 0.25) is 5.02 Å². The van der Waals surface area contributed by atoms with Crippen LogP contribution in [0, 0.1) is 11.6 Å². The molecule has 2 nitrogen and oxygen atoms in total. The Labute approximate surface area is 121 Å². The highest BCUT2D eigenvalue weighted by Crippen LogP contribution is 2.23. The van der Waals surface area contributed by atoms with Crippen LogP contribution in [0.15, 0.2) is 40.9 Å². The Bertz CT molecular complexity index is 628. The normalized spacial score (nSPS) is 10.3. The summed E-state index contributed by atoms with van der Waals surface area (Å²) in [5.74, 6) is -2.00. The van der Waals surface area contributed by atoms with Crippen molar-refractivity contribution in [1.82, 2.24) is 0 Å². The molecule has 0 aliphatic rings. The van der Waals surface area contributed by atoms with Crippen molar-refractivity contribution in [2.75, 3.05) is 5.32 Å². The summed E-state index contributed by atoms with van der Waals surface area (Å²) in [6, 6.07) is 7.98. The first-order valence-electron chi connectivity index (χ1n) is 5.19. The SMILES string of the molecule is O=C(Nc1ccc(Br)c(F)c1)c1c(F)cccc1Cl. The molecule has 6 heteroatoms. The molecule has 98 valence electrons. The molecule has 0 saturated heterocycles. The quantitative estimate of drug-likeness (QED) is 0.844. The van der Waals surface area contributed by atoms with Crippen LogP contribution < -0.4 is 5.32 Å². The van der Waals surface area contributed by atoms with E-state index in [9.17, 15) is 13.6 Å². The second-order valence-corrected chi connectivity index (χ2v) is 4.94. The van der Waals surface area contributed by atoms with E-state index in [0.29, 0.717) is 0 Å². The van der Waals surface area contributed by atoms with E-state index in [-0.39, 0.29) is 20.7 Å². The summed E-state index contributed by atoms with van der Waals surface area (Å²) in [5.41, 5.74) is -0.0579. The van der Waals surface area contributed by atoms with Gasteiger partial charge in [0.2, 0.25) is 0 Å². The van der Waals surface area contributed by atoms with Crippen molar-refractivity contribution in [3.63, 3.8) is 0 Å². The van der Waals surface area contributed by atoms with Crippen molar-refractivity contribution >= 4 is 39.1 Å². The lowest BCUT2D eigenvalue weighted by molar-refractivity contribution is 0.102. The van der Waals surface area contributed by atoms with E-state index in [1.807, 2.05) is 0 Å². The summed E-state index contributed by atoms with van der Waals surface area (Å²) in [4.78, 5) is 11.9. The lowest BCUT2D eigenvalue weighted by Crippen LogP contribution is -2.14. The third kappa shape index (κ3) is 3.11. The number of hydrogen-bond donors (Lipinski definition) is 1. The van der Waals surface area contributed by atoms with E-state index in [1.165, 1.54) is 24.3 Å². The zero-order valence-electron chi connectivity index (χ0n) is 9.38. The number of carbonyl (C=O) groups is 1. The average molecular weight is 347 g/mol. The second kappa shape index (κ2) is 5.67. The number of rotatable bonds is 2. The number of benzene rings is 2. The lowest BCUT2D eigenvalue weighted by atomic mass is 10.2. The minimum Gasteiger partial charge on any atom is -0.322 e. The Balaban J connectivity index is 2.28. The van der Waals surface area contributed by atoms with Crippen molar-refractivity contribution in [2.45, 2.75) is 0 Å². The Hall–Kier alpha value is -1.46. The topological polar surface area (TPSA) is 29.1 Å². The van der Waals surface area contributed by atoms with Gasteiger partial charge in [0, 0.05) is 5.69 Å². The number of halogens is 4. The van der Waals surface area contributed by atoms with E-state index < -0.39 is 17.5 Å². The molecule has 0 atom stereocenters. The first-order chi connectivity index (χ1) is 8.99. The number of hydrogen-bond acceptors (Lipinski definition) is 1. The molecule has 1 N–H and O–H groups in total. The minimum atomic E-state index is -0.734. The number of amides is 1. The molecule has 2 rings (SSSR count). The maximum atomic E-state index is 13.5. The first-order valence-corrected chi connectivity index (χ1v) is 6.36. The van der Waals surface area contributed by atoms with E-state index in [0.717, 1.165) is 12.1 Å². The van der Waals surface area contributed by atoms with Crippen LogP contribution >= 0.6 is 27.5 Å². The molecule has 0 aromatic heterocycles. The highest BCUT2D eigenvalue weighted by molar-refractivity contribution is 9.10. The maximum Gasteiger partial charge on any atom is 0.260 e. The highest BCUT2D eigenvalue weighted by atomic mass is 79.9. The van der Waals surface area contributed by atoms with Crippen LogP contribution in [0.4, 0.5) is 14.5 Å². The van der Waals surface area contributed by atoms with Crippen molar-refractivity contribution < 1.29 is 13.6 Å². The Kier molecular flexibility index (Phi) is 4.17. The van der Waals surface area contributed by atoms with Crippen LogP contribution in [-0.2, 0) is 0 Å². The molecular weight excluding hydrogens is 340 g/mol. The molecule has 0 radical (unpaired) electrons. The molecule has 0 saturated carbocycles. The molecule has 0 bridgehead atoms. The van der Waals surface area contributed by atoms with Crippen LogP contribution in [0.1, 0.15) is 10.4 Å². The van der Waals surface area contributed by atoms with E-state index in [4.69, 9.17) is 11.6 Å². The second-order valence-electron chi connectivity index (χ2n) is 3.68. The van der Waals surface area contributed by atoms with Gasteiger partial charge in [-0.15, -0.1) is 0 Å². The Morgan fingerprint density at radius 1 is 1.16 bits per heavy atom. The number of anilines is 1. The van der Waals surface area contributed by atoms with Gasteiger partial charge < -0.3 is 5.32 Å². The fraction of sp³-hybridized carbons (Fsp3) is 0. The van der Waals surface area contributed by atoms with E-state index >= 15 is 0 Å². The Morgan fingerprint density at radius 2 is 1.89 bits per heavy atom. The largest absolute Gasteiger partial charge is 0.322 e. The van der Waals surface area contributed by atoms with Gasteiger partial charge in [-0.05, 0) is 46.3 Å². The Morgan fingerprint density at radius 3 is 2.53 bits per heavy atom. The average Bonchev–Trinajstić information content (AvgIpc) is 2.33. The molecule has 19 heavy (non-hydrogen) atoms. The maximum absolute atomic E-state index is 13.5. The van der Waals surface area contributed by atoms with Crippen molar-refractivity contribution in [3.05, 3.63) is 63.1 Å². The predicted molar refractivity (Wildman–Crippen MR) is 73.5 cm³/mol. The highest BCUT2D eigenvalue weighted by Gasteiger charge is 2.16. The van der Waals surface area contributed by atoms with Gasteiger partial charge in [0.05, 0.1) is 15.1 Å². The number of carbonyl (C=O) groups excluding carboxylic acids is 1. The van der Waals surface area contributed by atoms with Crippen LogP contribution in [0.5, 0.6) is 0 Å². The fourth-order valence-corrected chi connectivity index (χ4v) is 1.98.